The van der Waals surface area contributed by atoms with E-state index in [4.69, 9.17) is 4.42 Å². The maximum atomic E-state index is 12.7. The lowest BCUT2D eigenvalue weighted by atomic mass is 9.99. The van der Waals surface area contributed by atoms with Gasteiger partial charge in [-0.25, -0.2) is 4.79 Å². The van der Waals surface area contributed by atoms with E-state index in [1.54, 1.807) is 12.1 Å². The molecular formula is C16H13BrF2N2O4. The van der Waals surface area contributed by atoms with Crippen LogP contribution in [0.2, 0.25) is 0 Å². The minimum Gasteiger partial charge on any atom is -0.466 e. The van der Waals surface area contributed by atoms with E-state index in [0.29, 0.717) is 4.47 Å². The number of nitrogens with zero attached hydrogens (tertiary/aromatic N) is 1. The molecule has 2 aromatic rings. The summed E-state index contributed by atoms with van der Waals surface area (Å²) in [6, 6.07) is 6.92. The summed E-state index contributed by atoms with van der Waals surface area (Å²) in [6.45, 7) is -1.72. The van der Waals surface area contributed by atoms with Crippen LogP contribution >= 0.6 is 15.9 Å². The lowest BCUT2D eigenvalue weighted by molar-refractivity contribution is -0.132. The van der Waals surface area contributed by atoms with Gasteiger partial charge in [-0.1, -0.05) is 15.9 Å². The van der Waals surface area contributed by atoms with Crippen molar-refractivity contribution in [2.24, 2.45) is 0 Å². The van der Waals surface area contributed by atoms with E-state index >= 15 is 0 Å². The Labute approximate surface area is 149 Å². The van der Waals surface area contributed by atoms with Crippen molar-refractivity contribution in [1.82, 2.24) is 10.2 Å². The van der Waals surface area contributed by atoms with Crippen LogP contribution in [0.3, 0.4) is 0 Å². The maximum absolute atomic E-state index is 12.7. The molecule has 6 nitrogen and oxygen atoms in total. The number of rotatable bonds is 5. The molecule has 9 heteroatoms. The van der Waals surface area contributed by atoms with E-state index in [1.165, 1.54) is 31.4 Å². The number of carbonyl (C=O) groups excluding carboxylic acids is 2. The Hall–Kier alpha value is -2.42. The van der Waals surface area contributed by atoms with Crippen LogP contribution in [0.25, 0.3) is 0 Å². The largest absolute Gasteiger partial charge is 0.466 e. The molecular weight excluding hydrogens is 402 g/mol. The molecule has 3 rings (SSSR count). The average molecular weight is 415 g/mol. The molecule has 0 radical (unpaired) electrons. The average Bonchev–Trinajstić information content (AvgIpc) is 3.14. The highest BCUT2D eigenvalue weighted by molar-refractivity contribution is 9.10. The number of benzene rings is 1. The summed E-state index contributed by atoms with van der Waals surface area (Å²) in [6.07, 6.45) is 1.39. The molecule has 0 bridgehead atoms. The Morgan fingerprint density at radius 1 is 1.36 bits per heavy atom. The SMILES string of the molecule is C[C@@]1(c2ccco2)NC(=O)N(Cc2cc(Br)ccc2OC(F)F)C1=O. The van der Waals surface area contributed by atoms with Gasteiger partial charge in [-0.3, -0.25) is 9.69 Å². The van der Waals surface area contributed by atoms with Gasteiger partial charge in [-0.05, 0) is 37.3 Å². The fourth-order valence-corrected chi connectivity index (χ4v) is 3.03. The molecule has 1 fully saturated rings. The highest BCUT2D eigenvalue weighted by Crippen LogP contribution is 2.32. The first-order valence-electron chi connectivity index (χ1n) is 7.22. The smallest absolute Gasteiger partial charge is 0.387 e. The number of amides is 3. The van der Waals surface area contributed by atoms with Gasteiger partial charge in [0.05, 0.1) is 12.8 Å². The Morgan fingerprint density at radius 2 is 2.12 bits per heavy atom. The number of carbonyl (C=O) groups is 2. The van der Waals surface area contributed by atoms with Gasteiger partial charge in [0, 0.05) is 10.0 Å². The highest BCUT2D eigenvalue weighted by atomic mass is 79.9. The van der Waals surface area contributed by atoms with E-state index < -0.39 is 24.1 Å². The topological polar surface area (TPSA) is 71.8 Å². The van der Waals surface area contributed by atoms with Crippen LogP contribution in [-0.4, -0.2) is 23.4 Å². The zero-order chi connectivity index (χ0) is 18.2. The molecule has 0 spiro atoms. The van der Waals surface area contributed by atoms with Crippen LogP contribution in [0.4, 0.5) is 13.6 Å². The summed E-state index contributed by atoms with van der Waals surface area (Å²) in [7, 11) is 0. The molecule has 1 aliphatic heterocycles. The monoisotopic (exact) mass is 414 g/mol. The molecule has 0 aliphatic carbocycles. The molecule has 25 heavy (non-hydrogen) atoms. The second kappa shape index (κ2) is 6.47. The lowest BCUT2D eigenvalue weighted by Crippen LogP contribution is -2.40. The van der Waals surface area contributed by atoms with Gasteiger partial charge < -0.3 is 14.5 Å². The van der Waals surface area contributed by atoms with Crippen LogP contribution in [-0.2, 0) is 16.9 Å². The van der Waals surface area contributed by atoms with E-state index in [-0.39, 0.29) is 23.6 Å². The van der Waals surface area contributed by atoms with Crippen molar-refractivity contribution in [3.8, 4) is 5.75 Å². The molecule has 0 unspecified atom stereocenters. The van der Waals surface area contributed by atoms with Crippen molar-refractivity contribution >= 4 is 27.9 Å². The minimum atomic E-state index is -3.02. The third kappa shape index (κ3) is 3.23. The molecule has 132 valence electrons. The number of furan rings is 1. The maximum Gasteiger partial charge on any atom is 0.387 e. The Balaban J connectivity index is 1.90. The Morgan fingerprint density at radius 3 is 2.76 bits per heavy atom. The quantitative estimate of drug-likeness (QED) is 0.758. The second-order valence-electron chi connectivity index (χ2n) is 5.55. The van der Waals surface area contributed by atoms with E-state index in [1.807, 2.05) is 0 Å². The fraction of sp³-hybridized carbons (Fsp3) is 0.250. The molecule has 1 atom stereocenters. The number of urea groups is 1. The zero-order valence-electron chi connectivity index (χ0n) is 13.0. The van der Waals surface area contributed by atoms with Gasteiger partial charge in [-0.2, -0.15) is 8.78 Å². The van der Waals surface area contributed by atoms with E-state index in [0.717, 1.165) is 4.90 Å². The van der Waals surface area contributed by atoms with Crippen LogP contribution in [0.15, 0.2) is 45.5 Å². The van der Waals surface area contributed by atoms with Gasteiger partial charge >= 0.3 is 12.6 Å². The van der Waals surface area contributed by atoms with Crippen molar-refractivity contribution < 1.29 is 27.5 Å². The number of hydrogen-bond acceptors (Lipinski definition) is 4. The Kier molecular flexibility index (Phi) is 4.51. The number of halogens is 3. The van der Waals surface area contributed by atoms with Gasteiger partial charge in [0.25, 0.3) is 5.91 Å². The second-order valence-corrected chi connectivity index (χ2v) is 6.47. The number of hydrogen-bond donors (Lipinski definition) is 1. The minimum absolute atomic E-state index is 0.106. The highest BCUT2D eigenvalue weighted by Gasteiger charge is 2.51. The van der Waals surface area contributed by atoms with E-state index in [2.05, 4.69) is 26.0 Å². The first-order chi connectivity index (χ1) is 11.8. The first kappa shape index (κ1) is 17.4. The normalized spacial score (nSPS) is 20.3. The molecule has 1 aromatic heterocycles. The van der Waals surface area contributed by atoms with Crippen LogP contribution in [0, 0.1) is 0 Å². The van der Waals surface area contributed by atoms with Crippen molar-refractivity contribution in [2.75, 3.05) is 0 Å². The first-order valence-corrected chi connectivity index (χ1v) is 8.02. The van der Waals surface area contributed by atoms with Gasteiger partial charge in [-0.15, -0.1) is 0 Å². The fourth-order valence-electron chi connectivity index (χ4n) is 2.62. The van der Waals surface area contributed by atoms with Gasteiger partial charge in [0.2, 0.25) is 0 Å². The summed E-state index contributed by atoms with van der Waals surface area (Å²) in [4.78, 5) is 25.9. The Bertz CT molecular complexity index is 812. The summed E-state index contributed by atoms with van der Waals surface area (Å²) in [5, 5.41) is 2.57. The summed E-state index contributed by atoms with van der Waals surface area (Å²) in [5.74, 6) is -0.368. The third-order valence-electron chi connectivity index (χ3n) is 3.86. The van der Waals surface area contributed by atoms with Crippen molar-refractivity contribution in [3.05, 3.63) is 52.4 Å². The number of alkyl halides is 2. The lowest BCUT2D eigenvalue weighted by Gasteiger charge is -2.20. The number of ether oxygens (including phenoxy) is 1. The molecule has 1 aromatic carbocycles. The molecule has 2 heterocycles. The van der Waals surface area contributed by atoms with Crippen LogP contribution in [0.5, 0.6) is 5.75 Å². The molecule has 1 N–H and O–H groups in total. The summed E-state index contributed by atoms with van der Waals surface area (Å²) < 4.78 is 35.4. The molecule has 1 saturated heterocycles. The third-order valence-corrected chi connectivity index (χ3v) is 4.35. The van der Waals surface area contributed by atoms with Crippen molar-refractivity contribution in [1.29, 1.82) is 0 Å². The van der Waals surface area contributed by atoms with Crippen LogP contribution in [0.1, 0.15) is 18.2 Å². The number of nitrogens with one attached hydrogen (secondary N) is 1. The van der Waals surface area contributed by atoms with Crippen LogP contribution < -0.4 is 10.1 Å². The van der Waals surface area contributed by atoms with Gasteiger partial charge in [0.15, 0.2) is 5.54 Å². The zero-order valence-corrected chi connectivity index (χ0v) is 14.5. The standard InChI is InChI=1S/C16H13BrF2N2O4/c1-16(12-3-2-6-24-12)13(22)21(15(23)20-16)8-9-7-10(17)4-5-11(9)25-14(18)19/h2-7,14H,8H2,1H3,(H,20,23)/t16-/m0/s1. The molecule has 1 aliphatic rings. The summed E-state index contributed by atoms with van der Waals surface area (Å²) >= 11 is 3.23. The predicted octanol–water partition coefficient (Wildman–Crippen LogP) is 3.61. The predicted molar refractivity (Wildman–Crippen MR) is 85.9 cm³/mol. The van der Waals surface area contributed by atoms with Crippen molar-refractivity contribution in [2.45, 2.75) is 25.6 Å². The van der Waals surface area contributed by atoms with Gasteiger partial charge in [0.1, 0.15) is 11.5 Å². The number of imide groups is 1. The molecule has 0 saturated carbocycles. The summed E-state index contributed by atoms with van der Waals surface area (Å²) in [5.41, 5.74) is -1.09. The molecule has 3 amide bonds. The van der Waals surface area contributed by atoms with E-state index in [9.17, 15) is 18.4 Å². The van der Waals surface area contributed by atoms with Crippen molar-refractivity contribution in [3.63, 3.8) is 0 Å².